The lowest BCUT2D eigenvalue weighted by Gasteiger charge is -2.01. The number of hydrogen-bond acceptors (Lipinski definition) is 5. The Morgan fingerprint density at radius 1 is 1.47 bits per heavy atom. The van der Waals surface area contributed by atoms with E-state index < -0.39 is 11.8 Å². The van der Waals surface area contributed by atoms with Crippen molar-refractivity contribution in [1.82, 2.24) is 10.2 Å². The van der Waals surface area contributed by atoms with Crippen molar-refractivity contribution in [1.29, 1.82) is 0 Å². The molecule has 1 aromatic heterocycles. The summed E-state index contributed by atoms with van der Waals surface area (Å²) < 4.78 is 18.7. The quantitative estimate of drug-likeness (QED) is 0.856. The SMILES string of the molecule is O=C(O)CSc1nnc(Cc2c(F)cccc2Cl)o1. The molecule has 0 bridgehead atoms. The molecule has 0 aliphatic carbocycles. The maximum Gasteiger partial charge on any atom is 0.314 e. The lowest BCUT2D eigenvalue weighted by Crippen LogP contribution is -1.97. The van der Waals surface area contributed by atoms with Crippen molar-refractivity contribution >= 4 is 29.3 Å². The Morgan fingerprint density at radius 2 is 2.26 bits per heavy atom. The molecule has 0 atom stereocenters. The number of carboxylic acids is 1. The molecule has 0 aliphatic rings. The average Bonchev–Trinajstić information content (AvgIpc) is 2.79. The van der Waals surface area contributed by atoms with Gasteiger partial charge in [0, 0.05) is 10.6 Å². The summed E-state index contributed by atoms with van der Waals surface area (Å²) in [5.41, 5.74) is 0.266. The van der Waals surface area contributed by atoms with E-state index in [1.54, 1.807) is 6.07 Å². The van der Waals surface area contributed by atoms with Gasteiger partial charge >= 0.3 is 5.97 Å². The van der Waals surface area contributed by atoms with Gasteiger partial charge in [0.05, 0.1) is 6.42 Å². The van der Waals surface area contributed by atoms with Crippen LogP contribution in [0.15, 0.2) is 27.8 Å². The summed E-state index contributed by atoms with van der Waals surface area (Å²) in [7, 11) is 0. The Labute approximate surface area is 116 Å². The van der Waals surface area contributed by atoms with Crippen molar-refractivity contribution in [3.8, 4) is 0 Å². The molecule has 1 aromatic carbocycles. The second-order valence-corrected chi connectivity index (χ2v) is 4.85. The van der Waals surface area contributed by atoms with Gasteiger partial charge in [0.1, 0.15) is 11.6 Å². The third-order valence-corrected chi connectivity index (χ3v) is 3.31. The van der Waals surface area contributed by atoms with Crippen LogP contribution in [0.25, 0.3) is 0 Å². The molecule has 1 heterocycles. The lowest BCUT2D eigenvalue weighted by molar-refractivity contribution is -0.133. The average molecular weight is 303 g/mol. The molecule has 5 nitrogen and oxygen atoms in total. The van der Waals surface area contributed by atoms with Crippen LogP contribution in [0.3, 0.4) is 0 Å². The molecule has 0 amide bonds. The summed E-state index contributed by atoms with van der Waals surface area (Å²) in [5.74, 6) is -1.44. The Kier molecular flexibility index (Phi) is 4.39. The van der Waals surface area contributed by atoms with Crippen LogP contribution >= 0.6 is 23.4 Å². The number of thioether (sulfide) groups is 1. The van der Waals surface area contributed by atoms with Gasteiger partial charge in [-0.15, -0.1) is 10.2 Å². The summed E-state index contributed by atoms with van der Waals surface area (Å²) in [5, 5.41) is 16.3. The van der Waals surface area contributed by atoms with Crippen LogP contribution in [0, 0.1) is 5.82 Å². The van der Waals surface area contributed by atoms with E-state index in [1.165, 1.54) is 12.1 Å². The normalized spacial score (nSPS) is 10.6. The summed E-state index contributed by atoms with van der Waals surface area (Å²) in [4.78, 5) is 10.4. The van der Waals surface area contributed by atoms with E-state index in [1.807, 2.05) is 0 Å². The van der Waals surface area contributed by atoms with Gasteiger partial charge in [-0.25, -0.2) is 4.39 Å². The third-order valence-electron chi connectivity index (χ3n) is 2.16. The first kappa shape index (κ1) is 13.8. The molecule has 0 radical (unpaired) electrons. The Hall–Kier alpha value is -1.60. The maximum atomic E-state index is 13.5. The molecule has 0 saturated heterocycles. The molecular weight excluding hydrogens is 295 g/mol. The van der Waals surface area contributed by atoms with E-state index in [9.17, 15) is 9.18 Å². The van der Waals surface area contributed by atoms with Crippen LogP contribution < -0.4 is 0 Å². The molecule has 0 unspecified atom stereocenters. The van der Waals surface area contributed by atoms with E-state index in [4.69, 9.17) is 21.1 Å². The first-order valence-corrected chi connectivity index (χ1v) is 6.52. The highest BCUT2D eigenvalue weighted by atomic mass is 35.5. The number of benzene rings is 1. The van der Waals surface area contributed by atoms with Gasteiger partial charge in [0.15, 0.2) is 0 Å². The fourth-order valence-corrected chi connectivity index (χ4v) is 2.07. The minimum Gasteiger partial charge on any atom is -0.481 e. The molecule has 0 spiro atoms. The topological polar surface area (TPSA) is 76.2 Å². The number of aromatic nitrogens is 2. The predicted molar refractivity (Wildman–Crippen MR) is 66.9 cm³/mol. The minimum absolute atomic E-state index is 0.0616. The molecular formula is C11H8ClFN2O3S. The molecule has 100 valence electrons. The second kappa shape index (κ2) is 6.03. The number of carboxylic acid groups (broad SMARTS) is 1. The first-order valence-electron chi connectivity index (χ1n) is 5.16. The monoisotopic (exact) mass is 302 g/mol. The van der Waals surface area contributed by atoms with E-state index in [0.717, 1.165) is 11.8 Å². The summed E-state index contributed by atoms with van der Waals surface area (Å²) in [6.07, 6.45) is 0.0616. The number of carbonyl (C=O) groups is 1. The van der Waals surface area contributed by atoms with Crippen molar-refractivity contribution in [2.24, 2.45) is 0 Å². The zero-order valence-electron chi connectivity index (χ0n) is 9.47. The van der Waals surface area contributed by atoms with Crippen LogP contribution in [0.2, 0.25) is 5.02 Å². The highest BCUT2D eigenvalue weighted by Gasteiger charge is 2.13. The summed E-state index contributed by atoms with van der Waals surface area (Å²) >= 11 is 6.78. The van der Waals surface area contributed by atoms with Gasteiger partial charge < -0.3 is 9.52 Å². The number of rotatable bonds is 5. The fraction of sp³-hybridized carbons (Fsp3) is 0.182. The second-order valence-electron chi connectivity index (χ2n) is 3.52. The standard InChI is InChI=1S/C11H8ClFN2O3S/c12-7-2-1-3-8(13)6(7)4-9-14-15-11(18-9)19-5-10(16)17/h1-3H,4-5H2,(H,16,17). The largest absolute Gasteiger partial charge is 0.481 e. The molecule has 0 fully saturated rings. The fourth-order valence-electron chi connectivity index (χ4n) is 1.34. The van der Waals surface area contributed by atoms with E-state index in [2.05, 4.69) is 10.2 Å². The van der Waals surface area contributed by atoms with Crippen molar-refractivity contribution in [3.63, 3.8) is 0 Å². The smallest absolute Gasteiger partial charge is 0.314 e. The molecule has 2 aromatic rings. The van der Waals surface area contributed by atoms with E-state index >= 15 is 0 Å². The van der Waals surface area contributed by atoms with E-state index in [0.29, 0.717) is 0 Å². The molecule has 19 heavy (non-hydrogen) atoms. The van der Waals surface area contributed by atoms with Crippen molar-refractivity contribution in [3.05, 3.63) is 40.5 Å². The lowest BCUT2D eigenvalue weighted by atomic mass is 10.1. The highest BCUT2D eigenvalue weighted by Crippen LogP contribution is 2.23. The third kappa shape index (κ3) is 3.68. The number of nitrogens with zero attached hydrogens (tertiary/aromatic N) is 2. The zero-order chi connectivity index (χ0) is 13.8. The number of aliphatic carboxylic acids is 1. The molecule has 2 rings (SSSR count). The Balaban J connectivity index is 2.09. The molecule has 1 N–H and O–H groups in total. The van der Waals surface area contributed by atoms with Crippen LogP contribution in [0.4, 0.5) is 4.39 Å². The summed E-state index contributed by atoms with van der Waals surface area (Å²) in [6, 6.07) is 4.36. The van der Waals surface area contributed by atoms with Crippen LogP contribution in [0.1, 0.15) is 11.5 Å². The van der Waals surface area contributed by atoms with Crippen LogP contribution in [0.5, 0.6) is 0 Å². The molecule has 8 heteroatoms. The van der Waals surface area contributed by atoms with Gasteiger partial charge in [0.2, 0.25) is 5.89 Å². The van der Waals surface area contributed by atoms with Crippen LogP contribution in [-0.2, 0) is 11.2 Å². The first-order chi connectivity index (χ1) is 9.06. The zero-order valence-corrected chi connectivity index (χ0v) is 11.0. The number of hydrogen-bond donors (Lipinski definition) is 1. The number of halogens is 2. The summed E-state index contributed by atoms with van der Waals surface area (Å²) in [6.45, 7) is 0. The van der Waals surface area contributed by atoms with Crippen LogP contribution in [-0.4, -0.2) is 27.0 Å². The molecule has 0 aliphatic heterocycles. The van der Waals surface area contributed by atoms with Gasteiger partial charge in [-0.1, -0.05) is 29.4 Å². The predicted octanol–water partition coefficient (Wildman–Crippen LogP) is 2.63. The molecule has 0 saturated carbocycles. The van der Waals surface area contributed by atoms with Crippen molar-refractivity contribution < 1.29 is 18.7 Å². The van der Waals surface area contributed by atoms with Crippen molar-refractivity contribution in [2.45, 2.75) is 11.6 Å². The van der Waals surface area contributed by atoms with Gasteiger partial charge in [-0.05, 0) is 12.1 Å². The van der Waals surface area contributed by atoms with Gasteiger partial charge in [-0.2, -0.15) is 0 Å². The van der Waals surface area contributed by atoms with Gasteiger partial charge in [0.25, 0.3) is 5.22 Å². The Morgan fingerprint density at radius 3 is 2.95 bits per heavy atom. The van der Waals surface area contributed by atoms with Gasteiger partial charge in [-0.3, -0.25) is 4.79 Å². The minimum atomic E-state index is -0.984. The highest BCUT2D eigenvalue weighted by molar-refractivity contribution is 7.99. The van der Waals surface area contributed by atoms with E-state index in [-0.39, 0.29) is 33.9 Å². The Bertz CT molecular complexity index is 585. The van der Waals surface area contributed by atoms with Crippen molar-refractivity contribution in [2.75, 3.05) is 5.75 Å². The maximum absolute atomic E-state index is 13.5.